The number of nitro benzene ring substituents is 1. The lowest BCUT2D eigenvalue weighted by Gasteiger charge is -2.37. The van der Waals surface area contributed by atoms with Gasteiger partial charge in [-0.25, -0.2) is 0 Å². The van der Waals surface area contributed by atoms with Crippen LogP contribution in [0.3, 0.4) is 0 Å². The van der Waals surface area contributed by atoms with Crippen molar-refractivity contribution in [2.24, 2.45) is 5.92 Å². The van der Waals surface area contributed by atoms with Crippen molar-refractivity contribution in [1.29, 1.82) is 0 Å². The number of ether oxygens (including phenoxy) is 2. The molecule has 13 heteroatoms. The third-order valence-electron chi connectivity index (χ3n) is 12.2. The number of nitro groups is 1. The minimum atomic E-state index is -2.59. The van der Waals surface area contributed by atoms with E-state index in [1.165, 1.54) is 12.1 Å². The normalized spacial score (nSPS) is 25.7. The standard InChI is InChI=1S/C40H48N4O8Si/c1-26-38(53(3,4)32-16-14-31(51-2)15-17-32)35(23-37(47)42-20-8-11-30(42)25-45)52-40(26)33-22-29(44(49)50)13-18-34(33)43(39(40)48)24-27-9-7-10-28(21-27)41-19-6-5-12-36(41)46/h7,9-10,13-18,21-22,26,30,35,38,45H,5-6,8,11-12,19-20,23-25H2,1-4H3/t26-,30-,35+,38-,40+/m0/s1. The van der Waals surface area contributed by atoms with Gasteiger partial charge in [0.05, 0.1) is 57.5 Å². The summed E-state index contributed by atoms with van der Waals surface area (Å²) in [6.45, 7) is 7.67. The fourth-order valence-corrected chi connectivity index (χ4v) is 13.5. The van der Waals surface area contributed by atoms with Crippen molar-refractivity contribution < 1.29 is 33.9 Å². The zero-order chi connectivity index (χ0) is 37.7. The smallest absolute Gasteiger partial charge is 0.269 e. The highest BCUT2D eigenvalue weighted by Crippen LogP contribution is 2.60. The summed E-state index contributed by atoms with van der Waals surface area (Å²) in [6, 6.07) is 19.8. The van der Waals surface area contributed by atoms with E-state index in [1.807, 2.05) is 55.5 Å². The number of hydrogen-bond acceptors (Lipinski definition) is 8. The Kier molecular flexibility index (Phi) is 9.94. The molecule has 3 amide bonds. The van der Waals surface area contributed by atoms with Gasteiger partial charge in [-0.2, -0.15) is 0 Å². The van der Waals surface area contributed by atoms with Gasteiger partial charge in [-0.1, -0.05) is 49.5 Å². The number of anilines is 2. The van der Waals surface area contributed by atoms with E-state index in [0.717, 1.165) is 47.9 Å². The monoisotopic (exact) mass is 740 g/mol. The number of likely N-dealkylation sites (tertiary alicyclic amines) is 1. The van der Waals surface area contributed by atoms with Gasteiger partial charge >= 0.3 is 0 Å². The molecule has 3 saturated heterocycles. The van der Waals surface area contributed by atoms with Crippen molar-refractivity contribution in [1.82, 2.24) is 4.90 Å². The molecule has 12 nitrogen and oxygen atoms in total. The number of nitrogens with zero attached hydrogens (tertiary/aromatic N) is 4. The molecule has 3 aromatic rings. The molecule has 0 bridgehead atoms. The first kappa shape index (κ1) is 36.8. The predicted octanol–water partition coefficient (Wildman–Crippen LogP) is 5.26. The number of aliphatic hydroxyl groups excluding tert-OH is 1. The van der Waals surface area contributed by atoms with Crippen LogP contribution in [-0.2, 0) is 31.3 Å². The number of fused-ring (bicyclic) bond motifs is 2. The van der Waals surface area contributed by atoms with E-state index < -0.39 is 30.6 Å². The van der Waals surface area contributed by atoms with Crippen LogP contribution >= 0.6 is 0 Å². The molecule has 7 rings (SSSR count). The summed E-state index contributed by atoms with van der Waals surface area (Å²) in [5.41, 5.74) is 0.555. The van der Waals surface area contributed by atoms with E-state index in [4.69, 9.17) is 9.47 Å². The number of amides is 3. The Morgan fingerprint density at radius 3 is 2.53 bits per heavy atom. The molecule has 4 heterocycles. The summed E-state index contributed by atoms with van der Waals surface area (Å²) < 4.78 is 12.5. The second kappa shape index (κ2) is 14.3. The molecule has 0 radical (unpaired) electrons. The Morgan fingerprint density at radius 2 is 1.83 bits per heavy atom. The highest BCUT2D eigenvalue weighted by molar-refractivity contribution is 6.91. The zero-order valence-corrected chi connectivity index (χ0v) is 31.8. The van der Waals surface area contributed by atoms with E-state index in [2.05, 4.69) is 13.1 Å². The maximum atomic E-state index is 15.2. The topological polar surface area (TPSA) is 143 Å². The van der Waals surface area contributed by atoms with Gasteiger partial charge in [0.25, 0.3) is 11.6 Å². The van der Waals surface area contributed by atoms with Crippen LogP contribution in [0.4, 0.5) is 17.1 Å². The molecule has 4 aliphatic rings. The quantitative estimate of drug-likeness (QED) is 0.169. The molecule has 1 spiro atoms. The second-order valence-corrected chi connectivity index (χ2v) is 20.1. The molecule has 0 aliphatic carbocycles. The van der Waals surface area contributed by atoms with E-state index in [0.29, 0.717) is 30.8 Å². The number of methoxy groups -OCH3 is 1. The fraction of sp³-hybridized carbons (Fsp3) is 0.475. The number of carbonyl (C=O) groups excluding carboxylic acids is 3. The minimum Gasteiger partial charge on any atom is -0.497 e. The third-order valence-corrected chi connectivity index (χ3v) is 16.6. The Balaban J connectivity index is 1.31. The van der Waals surface area contributed by atoms with Crippen molar-refractivity contribution in [3.63, 3.8) is 0 Å². The van der Waals surface area contributed by atoms with Crippen LogP contribution in [0.2, 0.25) is 18.6 Å². The zero-order valence-electron chi connectivity index (χ0n) is 30.8. The number of aliphatic hydroxyl groups is 1. The summed E-state index contributed by atoms with van der Waals surface area (Å²) in [7, 11) is -0.975. The van der Waals surface area contributed by atoms with E-state index in [9.17, 15) is 24.8 Å². The molecule has 0 aromatic heterocycles. The number of carbonyl (C=O) groups is 3. The molecule has 0 unspecified atom stereocenters. The molecule has 1 N–H and O–H groups in total. The highest BCUT2D eigenvalue weighted by Gasteiger charge is 2.67. The maximum Gasteiger partial charge on any atom is 0.269 e. The summed E-state index contributed by atoms with van der Waals surface area (Å²) in [5.74, 6) is -0.130. The van der Waals surface area contributed by atoms with Gasteiger partial charge in [0.1, 0.15) is 5.75 Å². The average molecular weight is 741 g/mol. The van der Waals surface area contributed by atoms with Gasteiger partial charge in [0.2, 0.25) is 11.8 Å². The number of piperidine rings is 1. The van der Waals surface area contributed by atoms with Crippen LogP contribution in [0.1, 0.15) is 56.6 Å². The lowest BCUT2D eigenvalue weighted by molar-refractivity contribution is -0.385. The number of benzene rings is 3. The van der Waals surface area contributed by atoms with Gasteiger partial charge in [-0.15, -0.1) is 0 Å². The summed E-state index contributed by atoms with van der Waals surface area (Å²) in [6.07, 6.45) is 3.15. The number of rotatable bonds is 10. The first-order chi connectivity index (χ1) is 25.4. The average Bonchev–Trinajstić information content (AvgIpc) is 3.82. The Morgan fingerprint density at radius 1 is 1.06 bits per heavy atom. The van der Waals surface area contributed by atoms with Crippen molar-refractivity contribution in [3.8, 4) is 5.75 Å². The van der Waals surface area contributed by atoms with Crippen LogP contribution in [0.5, 0.6) is 5.75 Å². The van der Waals surface area contributed by atoms with E-state index >= 15 is 4.79 Å². The highest BCUT2D eigenvalue weighted by atomic mass is 28.3. The third kappa shape index (κ3) is 6.32. The van der Waals surface area contributed by atoms with E-state index in [-0.39, 0.29) is 54.6 Å². The summed E-state index contributed by atoms with van der Waals surface area (Å²) in [4.78, 5) is 59.0. The molecule has 280 valence electrons. The lowest BCUT2D eigenvalue weighted by Crippen LogP contribution is -2.52. The largest absolute Gasteiger partial charge is 0.497 e. The minimum absolute atomic E-state index is 0.0172. The van der Waals surface area contributed by atoms with Crippen molar-refractivity contribution >= 4 is 48.0 Å². The Bertz CT molecular complexity index is 1920. The van der Waals surface area contributed by atoms with Crippen molar-refractivity contribution in [2.75, 3.05) is 36.6 Å². The molecule has 0 saturated carbocycles. The maximum absolute atomic E-state index is 15.2. The second-order valence-electron chi connectivity index (χ2n) is 15.4. The molecule has 3 aromatic carbocycles. The molecular weight excluding hydrogens is 693 g/mol. The summed E-state index contributed by atoms with van der Waals surface area (Å²) in [5, 5.41) is 23.3. The number of hydrogen-bond donors (Lipinski definition) is 1. The Hall–Kier alpha value is -4.59. The Labute approximate surface area is 310 Å². The van der Waals surface area contributed by atoms with Gasteiger partial charge in [0, 0.05) is 48.8 Å². The molecular formula is C40H48N4O8Si. The van der Waals surface area contributed by atoms with Crippen molar-refractivity contribution in [2.45, 2.75) is 88.4 Å². The fourth-order valence-electron chi connectivity index (χ4n) is 9.50. The molecule has 53 heavy (non-hydrogen) atoms. The van der Waals surface area contributed by atoms with Gasteiger partial charge in [-0.3, -0.25) is 24.5 Å². The SMILES string of the molecule is COc1ccc([Si](C)(C)[C@@H]2[C@@H](CC(=O)N3CCC[C@H]3CO)O[C@]3(C(=O)N(Cc4cccc(N5CCCCC5=O)c4)c4ccc([N+](=O)[O-])cc43)[C@H]2C)cc1. The van der Waals surface area contributed by atoms with E-state index in [1.54, 1.807) is 27.9 Å². The first-order valence-electron chi connectivity index (χ1n) is 18.6. The molecule has 4 aliphatic heterocycles. The summed E-state index contributed by atoms with van der Waals surface area (Å²) >= 11 is 0. The van der Waals surface area contributed by atoms with Gasteiger partial charge < -0.3 is 29.3 Å². The number of non-ortho nitro benzene ring substituents is 1. The first-order valence-corrected chi connectivity index (χ1v) is 21.7. The van der Waals surface area contributed by atoms with Gasteiger partial charge in [-0.05, 0) is 67.1 Å². The van der Waals surface area contributed by atoms with Crippen molar-refractivity contribution in [3.05, 3.63) is 88.0 Å². The van der Waals surface area contributed by atoms with Crippen LogP contribution in [-0.4, -0.2) is 79.7 Å². The molecule has 3 fully saturated rings. The van der Waals surface area contributed by atoms with Gasteiger partial charge in [0.15, 0.2) is 5.60 Å². The van der Waals surface area contributed by atoms with Crippen LogP contribution < -0.4 is 19.7 Å². The van der Waals surface area contributed by atoms with Crippen LogP contribution in [0.25, 0.3) is 0 Å². The van der Waals surface area contributed by atoms with Crippen LogP contribution in [0, 0.1) is 16.0 Å². The molecule has 5 atom stereocenters. The van der Waals surface area contributed by atoms with Crippen LogP contribution in [0.15, 0.2) is 66.7 Å². The predicted molar refractivity (Wildman–Crippen MR) is 203 cm³/mol. The lowest BCUT2D eigenvalue weighted by atomic mass is 9.82.